The number of benzene rings is 2. The van der Waals surface area contributed by atoms with Crippen molar-refractivity contribution in [1.29, 1.82) is 0 Å². The minimum atomic E-state index is -0.763. The number of hydrazone groups is 1. The number of amides is 3. The van der Waals surface area contributed by atoms with E-state index in [0.717, 1.165) is 8.04 Å². The van der Waals surface area contributed by atoms with Gasteiger partial charge in [-0.1, -0.05) is 22.0 Å². The maximum absolute atomic E-state index is 12.6. The molecule has 13 heteroatoms. The van der Waals surface area contributed by atoms with E-state index in [4.69, 9.17) is 18.9 Å². The molecule has 2 aromatic rings. The highest BCUT2D eigenvalue weighted by Crippen LogP contribution is 2.34. The summed E-state index contributed by atoms with van der Waals surface area (Å²) in [6, 6.07) is 7.37. The summed E-state index contributed by atoms with van der Waals surface area (Å²) < 4.78 is 23.3. The summed E-state index contributed by atoms with van der Waals surface area (Å²) in [4.78, 5) is 37.0. The maximum Gasteiger partial charge on any atom is 0.338 e. The summed E-state index contributed by atoms with van der Waals surface area (Å²) >= 11 is 5.57. The lowest BCUT2D eigenvalue weighted by Gasteiger charge is -2.28. The number of ether oxygens (including phenoxy) is 4. The van der Waals surface area contributed by atoms with Gasteiger partial charge in [0, 0.05) is 15.7 Å². The van der Waals surface area contributed by atoms with Gasteiger partial charge in [0.1, 0.15) is 5.75 Å². The fraction of sp³-hybridized carbons (Fsp3) is 0.280. The number of urea groups is 1. The van der Waals surface area contributed by atoms with Gasteiger partial charge in [0.25, 0.3) is 5.91 Å². The zero-order valence-electron chi connectivity index (χ0n) is 21.0. The van der Waals surface area contributed by atoms with Crippen LogP contribution in [-0.4, -0.2) is 51.6 Å². The minimum absolute atomic E-state index is 0.189. The van der Waals surface area contributed by atoms with Crippen molar-refractivity contribution in [1.82, 2.24) is 16.1 Å². The average molecular weight is 701 g/mol. The average Bonchev–Trinajstić information content (AvgIpc) is 2.86. The number of allylic oxidation sites excluding steroid dienone is 1. The molecule has 0 aromatic heterocycles. The molecule has 0 saturated heterocycles. The Balaban J connectivity index is 1.70. The summed E-state index contributed by atoms with van der Waals surface area (Å²) in [5, 5.41) is 9.30. The van der Waals surface area contributed by atoms with Gasteiger partial charge in [0.05, 0.1) is 42.2 Å². The standard InChI is InChI=1S/C25H26BrIN4O7/c1-5-37-24(33)21-13(2)29-25(34)30-22(21)14-6-7-18(19(9-14)35-3)38-12-20(32)31-28-11-15-8-16(26)10-17(27)23(15)36-4/h6-11,22H,5,12H2,1-4H3,(H,31,32)(H2,29,30,34)/b28-11+/t22-/m0/s1. The molecule has 3 amide bonds. The topological polar surface area (TPSA) is 137 Å². The first kappa shape index (κ1) is 29.2. The highest BCUT2D eigenvalue weighted by atomic mass is 127. The van der Waals surface area contributed by atoms with Crippen LogP contribution in [0.3, 0.4) is 0 Å². The summed E-state index contributed by atoms with van der Waals surface area (Å²) in [7, 11) is 3.00. The van der Waals surface area contributed by atoms with E-state index in [0.29, 0.717) is 28.3 Å². The molecule has 0 spiro atoms. The first-order valence-electron chi connectivity index (χ1n) is 11.3. The first-order chi connectivity index (χ1) is 18.2. The fourth-order valence-corrected chi connectivity index (χ4v) is 5.42. The van der Waals surface area contributed by atoms with E-state index in [1.165, 1.54) is 13.3 Å². The Morgan fingerprint density at radius 1 is 1.18 bits per heavy atom. The predicted octanol–water partition coefficient (Wildman–Crippen LogP) is 3.79. The van der Waals surface area contributed by atoms with Crippen LogP contribution in [0.2, 0.25) is 0 Å². The van der Waals surface area contributed by atoms with Crippen molar-refractivity contribution >= 4 is 62.6 Å². The largest absolute Gasteiger partial charge is 0.495 e. The molecule has 11 nitrogen and oxygen atoms in total. The summed E-state index contributed by atoms with van der Waals surface area (Å²) in [6.07, 6.45) is 1.48. The molecule has 2 aromatic carbocycles. The van der Waals surface area contributed by atoms with Crippen molar-refractivity contribution in [3.63, 3.8) is 0 Å². The lowest BCUT2D eigenvalue weighted by molar-refractivity contribution is -0.139. The second-order valence-corrected chi connectivity index (χ2v) is 9.87. The van der Waals surface area contributed by atoms with Gasteiger partial charge in [-0.15, -0.1) is 0 Å². The van der Waals surface area contributed by atoms with Crippen molar-refractivity contribution in [2.24, 2.45) is 5.10 Å². The first-order valence-corrected chi connectivity index (χ1v) is 13.2. The van der Waals surface area contributed by atoms with Crippen molar-refractivity contribution in [3.8, 4) is 17.2 Å². The van der Waals surface area contributed by atoms with Gasteiger partial charge < -0.3 is 29.6 Å². The van der Waals surface area contributed by atoms with Crippen LogP contribution in [-0.2, 0) is 14.3 Å². The number of hydrogen-bond donors (Lipinski definition) is 3. The lowest BCUT2D eigenvalue weighted by Crippen LogP contribution is -2.45. The van der Waals surface area contributed by atoms with E-state index in [1.54, 1.807) is 39.2 Å². The maximum atomic E-state index is 12.6. The van der Waals surface area contributed by atoms with E-state index in [-0.39, 0.29) is 24.5 Å². The number of halogens is 2. The molecule has 1 heterocycles. The van der Waals surface area contributed by atoms with E-state index < -0.39 is 23.9 Å². The second-order valence-electron chi connectivity index (χ2n) is 7.79. The molecular formula is C25H26BrIN4O7. The van der Waals surface area contributed by atoms with Gasteiger partial charge in [-0.2, -0.15) is 5.10 Å². The highest BCUT2D eigenvalue weighted by molar-refractivity contribution is 14.1. The number of carbonyl (C=O) groups excluding carboxylic acids is 3. The smallest absolute Gasteiger partial charge is 0.338 e. The van der Waals surface area contributed by atoms with Crippen molar-refractivity contribution in [2.45, 2.75) is 19.9 Å². The highest BCUT2D eigenvalue weighted by Gasteiger charge is 2.32. The third kappa shape index (κ3) is 7.16. The van der Waals surface area contributed by atoms with E-state index in [2.05, 4.69) is 59.7 Å². The van der Waals surface area contributed by atoms with E-state index in [1.807, 2.05) is 12.1 Å². The monoisotopic (exact) mass is 700 g/mol. The Kier molecular flexibility index (Phi) is 10.4. The Labute approximate surface area is 241 Å². The Morgan fingerprint density at radius 3 is 2.63 bits per heavy atom. The van der Waals surface area contributed by atoms with Crippen LogP contribution in [0.4, 0.5) is 4.79 Å². The molecule has 0 saturated carbocycles. The molecule has 3 rings (SSSR count). The van der Waals surface area contributed by atoms with Crippen molar-refractivity contribution < 1.29 is 33.3 Å². The van der Waals surface area contributed by atoms with Crippen LogP contribution >= 0.6 is 38.5 Å². The van der Waals surface area contributed by atoms with Crippen LogP contribution in [0.25, 0.3) is 0 Å². The fourth-order valence-electron chi connectivity index (χ4n) is 3.65. The Bertz CT molecular complexity index is 1300. The number of nitrogens with one attached hydrogen (secondary N) is 3. The molecule has 1 aliphatic rings. The molecule has 0 unspecified atom stereocenters. The van der Waals surface area contributed by atoms with Gasteiger partial charge in [-0.25, -0.2) is 15.0 Å². The molecule has 0 radical (unpaired) electrons. The van der Waals surface area contributed by atoms with Crippen LogP contribution in [0.1, 0.15) is 31.0 Å². The number of methoxy groups -OCH3 is 2. The molecule has 0 fully saturated rings. The van der Waals surface area contributed by atoms with Crippen molar-refractivity contribution in [2.75, 3.05) is 27.4 Å². The number of rotatable bonds is 10. The number of esters is 1. The second kappa shape index (κ2) is 13.5. The molecule has 38 heavy (non-hydrogen) atoms. The summed E-state index contributed by atoms with van der Waals surface area (Å²) in [6.45, 7) is 3.18. The van der Waals surface area contributed by atoms with E-state index in [9.17, 15) is 14.4 Å². The third-order valence-corrected chi connectivity index (χ3v) is 6.54. The minimum Gasteiger partial charge on any atom is -0.495 e. The number of nitrogens with zero attached hydrogens (tertiary/aromatic N) is 1. The molecule has 202 valence electrons. The quantitative estimate of drug-likeness (QED) is 0.149. The molecule has 1 atom stereocenters. The Morgan fingerprint density at radius 2 is 1.95 bits per heavy atom. The normalized spacial score (nSPS) is 15.0. The van der Waals surface area contributed by atoms with Gasteiger partial charge >= 0.3 is 12.0 Å². The summed E-state index contributed by atoms with van der Waals surface area (Å²) in [5.41, 5.74) is 4.33. The van der Waals surface area contributed by atoms with Gasteiger partial charge in [0.2, 0.25) is 0 Å². The predicted molar refractivity (Wildman–Crippen MR) is 151 cm³/mol. The zero-order valence-corrected chi connectivity index (χ0v) is 24.8. The number of carbonyl (C=O) groups is 3. The summed E-state index contributed by atoms with van der Waals surface area (Å²) in [5.74, 6) is 0.186. The van der Waals surface area contributed by atoms with Crippen LogP contribution in [0.5, 0.6) is 17.2 Å². The molecular weight excluding hydrogens is 675 g/mol. The molecule has 0 bridgehead atoms. The number of hydrogen-bond acceptors (Lipinski definition) is 8. The van der Waals surface area contributed by atoms with E-state index >= 15 is 0 Å². The zero-order chi connectivity index (χ0) is 27.8. The lowest BCUT2D eigenvalue weighted by atomic mass is 9.95. The molecule has 3 N–H and O–H groups in total. The van der Waals surface area contributed by atoms with Gasteiger partial charge in [-0.3, -0.25) is 4.79 Å². The van der Waals surface area contributed by atoms with Crippen LogP contribution < -0.4 is 30.3 Å². The van der Waals surface area contributed by atoms with Crippen LogP contribution in [0.15, 0.2) is 51.2 Å². The van der Waals surface area contributed by atoms with Gasteiger partial charge in [-0.05, 0) is 66.3 Å². The van der Waals surface area contributed by atoms with Crippen LogP contribution in [0, 0.1) is 3.57 Å². The Hall–Kier alpha value is -3.33. The molecule has 0 aliphatic carbocycles. The van der Waals surface area contributed by atoms with Gasteiger partial charge in [0.15, 0.2) is 18.1 Å². The molecule has 1 aliphatic heterocycles. The van der Waals surface area contributed by atoms with Crippen molar-refractivity contribution in [3.05, 3.63) is 60.8 Å². The third-order valence-electron chi connectivity index (χ3n) is 5.28. The SMILES string of the molecule is CCOC(=O)C1=C(C)NC(=O)N[C@H]1c1ccc(OCC(=O)N/N=C/c2cc(Br)cc(I)c2OC)c(OC)c1.